The van der Waals surface area contributed by atoms with E-state index < -0.39 is 48.5 Å². The molecule has 2 aromatic rings. The summed E-state index contributed by atoms with van der Waals surface area (Å²) >= 11 is 5.97. The molecule has 174 valence electrons. The molecular weight excluding hydrogens is 458 g/mol. The molecule has 2 aromatic heterocycles. The molecule has 1 amide bonds. The molecule has 4 atom stereocenters. The van der Waals surface area contributed by atoms with E-state index in [1.165, 1.54) is 19.2 Å². The summed E-state index contributed by atoms with van der Waals surface area (Å²) in [4.78, 5) is 24.0. The second kappa shape index (κ2) is 9.41. The summed E-state index contributed by atoms with van der Waals surface area (Å²) < 4.78 is 55.9. The van der Waals surface area contributed by atoms with Gasteiger partial charge >= 0.3 is 6.18 Å². The maximum absolute atomic E-state index is 14.4. The van der Waals surface area contributed by atoms with Crippen LogP contribution in [0.3, 0.4) is 0 Å². The number of amides is 1. The van der Waals surface area contributed by atoms with Gasteiger partial charge in [-0.15, -0.1) is 0 Å². The largest absolute Gasteiger partial charge is 0.467 e. The van der Waals surface area contributed by atoms with Crippen molar-refractivity contribution in [1.29, 1.82) is 0 Å². The van der Waals surface area contributed by atoms with Crippen molar-refractivity contribution in [3.05, 3.63) is 40.6 Å². The van der Waals surface area contributed by atoms with E-state index in [-0.39, 0.29) is 29.1 Å². The number of anilines is 1. The van der Waals surface area contributed by atoms with Crippen molar-refractivity contribution in [1.82, 2.24) is 20.3 Å². The van der Waals surface area contributed by atoms with Gasteiger partial charge in [-0.1, -0.05) is 11.6 Å². The Morgan fingerprint density at radius 2 is 2.06 bits per heavy atom. The van der Waals surface area contributed by atoms with Gasteiger partial charge in [0.15, 0.2) is 12.4 Å². The van der Waals surface area contributed by atoms with Gasteiger partial charge in [-0.3, -0.25) is 4.79 Å². The number of nitrogens with zero attached hydrogens (tertiary/aromatic N) is 3. The van der Waals surface area contributed by atoms with E-state index in [2.05, 4.69) is 30.3 Å². The average molecular weight is 478 g/mol. The number of pyridine rings is 1. The fourth-order valence-electron chi connectivity index (χ4n) is 3.30. The van der Waals surface area contributed by atoms with Crippen LogP contribution in [0.1, 0.15) is 37.1 Å². The number of aliphatic hydroxyl groups excluding tert-OH is 1. The first kappa shape index (κ1) is 23.9. The summed E-state index contributed by atoms with van der Waals surface area (Å²) in [7, 11) is 0. The van der Waals surface area contributed by atoms with Crippen molar-refractivity contribution in [2.24, 2.45) is 5.92 Å². The predicted molar refractivity (Wildman–Crippen MR) is 106 cm³/mol. The molecule has 1 unspecified atom stereocenters. The Bertz CT molecular complexity index is 992. The average Bonchev–Trinajstić information content (AvgIpc) is 3.09. The number of ether oxygens (including phenoxy) is 1. The molecule has 0 aromatic carbocycles. The number of halogens is 5. The Balaban J connectivity index is 1.77. The van der Waals surface area contributed by atoms with E-state index in [0.717, 1.165) is 6.20 Å². The molecule has 3 heterocycles. The number of carbonyl (C=O) groups excluding carboxylic acids is 1. The van der Waals surface area contributed by atoms with Crippen LogP contribution in [0.4, 0.5) is 23.5 Å². The summed E-state index contributed by atoms with van der Waals surface area (Å²) in [6.45, 7) is 1.85. The zero-order valence-electron chi connectivity index (χ0n) is 17.0. The van der Waals surface area contributed by atoms with Crippen molar-refractivity contribution >= 4 is 23.5 Å². The van der Waals surface area contributed by atoms with Gasteiger partial charge in [0.1, 0.15) is 5.02 Å². The summed E-state index contributed by atoms with van der Waals surface area (Å²) in [6, 6.07) is 0.843. The van der Waals surface area contributed by atoms with Gasteiger partial charge in [0.05, 0.1) is 30.0 Å². The molecule has 8 nitrogen and oxygen atoms in total. The van der Waals surface area contributed by atoms with Crippen LogP contribution >= 0.6 is 11.6 Å². The maximum Gasteiger partial charge on any atom is 0.422 e. The molecule has 1 fully saturated rings. The molecule has 13 heteroatoms. The molecule has 0 radical (unpaired) electrons. The number of aliphatic hydroxyl groups is 1. The summed E-state index contributed by atoms with van der Waals surface area (Å²) in [5.41, 5.74) is 0.326. The minimum absolute atomic E-state index is 0.00598. The van der Waals surface area contributed by atoms with Crippen LogP contribution in [0.2, 0.25) is 5.02 Å². The predicted octanol–water partition coefficient (Wildman–Crippen LogP) is 2.99. The molecule has 3 N–H and O–H groups in total. The van der Waals surface area contributed by atoms with Crippen molar-refractivity contribution in [3.8, 4) is 5.88 Å². The third kappa shape index (κ3) is 5.54. The van der Waals surface area contributed by atoms with E-state index in [1.54, 1.807) is 6.92 Å². The fourth-order valence-corrected chi connectivity index (χ4v) is 3.52. The minimum atomic E-state index is -4.53. The van der Waals surface area contributed by atoms with Crippen molar-refractivity contribution in [2.75, 3.05) is 18.5 Å². The van der Waals surface area contributed by atoms with Crippen LogP contribution in [-0.4, -0.2) is 51.4 Å². The third-order valence-electron chi connectivity index (χ3n) is 4.95. The Labute approximate surface area is 185 Å². The van der Waals surface area contributed by atoms with Gasteiger partial charge in [0.25, 0.3) is 0 Å². The normalized spacial score (nSPS) is 20.6. The van der Waals surface area contributed by atoms with Gasteiger partial charge in [-0.05, 0) is 25.5 Å². The SMILES string of the molecule is C[C@H](Nc1ncc(F)c([C@@H]2C(=O)NCC2[C@@H](C)O)n1)c1cnc(OCC(F)(F)F)c(Cl)c1. The van der Waals surface area contributed by atoms with Crippen LogP contribution in [-0.2, 0) is 4.79 Å². The highest BCUT2D eigenvalue weighted by Crippen LogP contribution is 2.33. The monoisotopic (exact) mass is 477 g/mol. The van der Waals surface area contributed by atoms with Crippen LogP contribution in [0.5, 0.6) is 5.88 Å². The number of aromatic nitrogens is 3. The third-order valence-corrected chi connectivity index (χ3v) is 5.23. The highest BCUT2D eigenvalue weighted by Gasteiger charge is 2.41. The van der Waals surface area contributed by atoms with E-state index in [9.17, 15) is 27.5 Å². The second-order valence-electron chi connectivity index (χ2n) is 7.38. The Morgan fingerprint density at radius 3 is 2.69 bits per heavy atom. The zero-order chi connectivity index (χ0) is 23.6. The summed E-state index contributed by atoms with van der Waals surface area (Å²) in [5, 5.41) is 15.3. The van der Waals surface area contributed by atoms with Crippen LogP contribution in [0.15, 0.2) is 18.5 Å². The van der Waals surface area contributed by atoms with E-state index >= 15 is 0 Å². The molecular formula is C19H20ClF4N5O3. The van der Waals surface area contributed by atoms with Gasteiger partial charge < -0.3 is 20.5 Å². The van der Waals surface area contributed by atoms with Crippen molar-refractivity contribution < 1.29 is 32.2 Å². The number of nitrogens with one attached hydrogen (secondary N) is 2. The van der Waals surface area contributed by atoms with Gasteiger partial charge in [0.2, 0.25) is 17.7 Å². The second-order valence-corrected chi connectivity index (χ2v) is 7.79. The lowest BCUT2D eigenvalue weighted by molar-refractivity contribution is -0.154. The number of alkyl halides is 3. The number of rotatable bonds is 7. The Morgan fingerprint density at radius 1 is 1.34 bits per heavy atom. The standard InChI is InChI=1S/C19H20ClF4N5O3/c1-8(10-3-12(20)17(26-4-10)32-7-19(22,23)24)28-18-27-6-13(21)15(29-18)14-11(9(2)30)5-25-16(14)31/h3-4,6,8-9,11,14,30H,5,7H2,1-2H3,(H,25,31)(H,27,28,29)/t8-,9+,11?,14+/m0/s1. The molecule has 1 aliphatic rings. The molecule has 0 spiro atoms. The first-order valence-corrected chi connectivity index (χ1v) is 9.93. The highest BCUT2D eigenvalue weighted by atomic mass is 35.5. The molecule has 1 aliphatic heterocycles. The lowest BCUT2D eigenvalue weighted by Gasteiger charge is -2.20. The molecule has 1 saturated heterocycles. The smallest absolute Gasteiger partial charge is 0.422 e. The van der Waals surface area contributed by atoms with E-state index in [0.29, 0.717) is 5.56 Å². The van der Waals surface area contributed by atoms with Gasteiger partial charge in [-0.25, -0.2) is 19.3 Å². The van der Waals surface area contributed by atoms with Gasteiger partial charge in [0, 0.05) is 18.7 Å². The van der Waals surface area contributed by atoms with Gasteiger partial charge in [-0.2, -0.15) is 13.2 Å². The van der Waals surface area contributed by atoms with E-state index in [4.69, 9.17) is 11.6 Å². The van der Waals surface area contributed by atoms with Crippen LogP contribution < -0.4 is 15.4 Å². The first-order valence-electron chi connectivity index (χ1n) is 9.56. The summed E-state index contributed by atoms with van der Waals surface area (Å²) in [6.07, 6.45) is -3.20. The van der Waals surface area contributed by atoms with Crippen molar-refractivity contribution in [2.45, 2.75) is 38.1 Å². The minimum Gasteiger partial charge on any atom is -0.467 e. The molecule has 3 rings (SSSR count). The lowest BCUT2D eigenvalue weighted by atomic mass is 9.88. The molecule has 0 bridgehead atoms. The molecule has 0 aliphatic carbocycles. The molecule has 32 heavy (non-hydrogen) atoms. The topological polar surface area (TPSA) is 109 Å². The van der Waals surface area contributed by atoms with Crippen LogP contribution in [0, 0.1) is 11.7 Å². The summed E-state index contributed by atoms with van der Waals surface area (Å²) in [5.74, 6) is -3.12. The fraction of sp³-hybridized carbons (Fsp3) is 0.474. The number of carbonyl (C=O) groups is 1. The highest BCUT2D eigenvalue weighted by molar-refractivity contribution is 6.31. The lowest BCUT2D eigenvalue weighted by Crippen LogP contribution is -2.26. The zero-order valence-corrected chi connectivity index (χ0v) is 17.7. The van der Waals surface area contributed by atoms with E-state index in [1.807, 2.05) is 0 Å². The van der Waals surface area contributed by atoms with Crippen molar-refractivity contribution in [3.63, 3.8) is 0 Å². The first-order chi connectivity index (χ1) is 15.0. The Hall–Kier alpha value is -2.73. The maximum atomic E-state index is 14.4. The van der Waals surface area contributed by atoms with Crippen LogP contribution in [0.25, 0.3) is 0 Å². The number of hydrogen-bond donors (Lipinski definition) is 3. The molecule has 0 saturated carbocycles. The quantitative estimate of drug-likeness (QED) is 0.526. The number of hydrogen-bond acceptors (Lipinski definition) is 7. The Kier molecular flexibility index (Phi) is 7.03.